The van der Waals surface area contributed by atoms with E-state index in [0.717, 1.165) is 32.7 Å². The molecule has 0 atom stereocenters. The maximum absolute atomic E-state index is 12.1. The Labute approximate surface area is 125 Å². The molecule has 116 valence electrons. The molecule has 0 radical (unpaired) electrons. The van der Waals surface area contributed by atoms with Crippen molar-refractivity contribution in [2.24, 2.45) is 0 Å². The number of hydrogen-bond acceptors (Lipinski definition) is 5. The largest absolute Gasteiger partial charge is 0.497 e. The van der Waals surface area contributed by atoms with Gasteiger partial charge in [-0.2, -0.15) is 0 Å². The number of aliphatic hydroxyl groups is 1. The number of piperazine rings is 1. The number of rotatable bonds is 6. The minimum atomic E-state index is -0.0910. The highest BCUT2D eigenvalue weighted by atomic mass is 16.5. The number of carbonyl (C=O) groups excluding carboxylic acids is 1. The molecule has 0 spiro atoms. The van der Waals surface area contributed by atoms with E-state index in [2.05, 4.69) is 15.1 Å². The Hall–Kier alpha value is -1.63. The van der Waals surface area contributed by atoms with Crippen molar-refractivity contribution in [3.8, 4) is 5.75 Å². The standard InChI is InChI=1S/C15H23N3O3/c1-21-14-4-2-3-13(11-14)15(20)16-12-18-7-5-17(6-8-18)9-10-19/h2-4,11,19H,5-10,12H2,1H3,(H,16,20). The molecule has 2 rings (SSSR count). The van der Waals surface area contributed by atoms with Crippen molar-refractivity contribution in [1.29, 1.82) is 0 Å². The van der Waals surface area contributed by atoms with Gasteiger partial charge in [0.1, 0.15) is 5.75 Å². The van der Waals surface area contributed by atoms with Gasteiger partial charge in [-0.05, 0) is 18.2 Å². The van der Waals surface area contributed by atoms with E-state index < -0.39 is 0 Å². The van der Waals surface area contributed by atoms with Crippen molar-refractivity contribution < 1.29 is 14.6 Å². The summed E-state index contributed by atoms with van der Waals surface area (Å²) in [5, 5.41) is 11.8. The number of methoxy groups -OCH3 is 1. The number of aliphatic hydroxyl groups excluding tert-OH is 1. The van der Waals surface area contributed by atoms with Crippen LogP contribution in [0.25, 0.3) is 0 Å². The molecule has 1 saturated heterocycles. The summed E-state index contributed by atoms with van der Waals surface area (Å²) in [6.45, 7) is 5.13. The van der Waals surface area contributed by atoms with Gasteiger partial charge in [0.2, 0.25) is 0 Å². The number of nitrogens with zero attached hydrogens (tertiary/aromatic N) is 2. The van der Waals surface area contributed by atoms with Crippen LogP contribution >= 0.6 is 0 Å². The van der Waals surface area contributed by atoms with Crippen LogP contribution in [0.2, 0.25) is 0 Å². The lowest BCUT2D eigenvalue weighted by molar-refractivity contribution is 0.0847. The predicted molar refractivity (Wildman–Crippen MR) is 80.4 cm³/mol. The Balaban J connectivity index is 1.76. The molecule has 0 saturated carbocycles. The average Bonchev–Trinajstić information content (AvgIpc) is 2.54. The first-order chi connectivity index (χ1) is 10.2. The molecular formula is C15H23N3O3. The first-order valence-electron chi connectivity index (χ1n) is 7.21. The quantitative estimate of drug-likeness (QED) is 0.772. The predicted octanol–water partition coefficient (Wildman–Crippen LogP) is -0.00760. The van der Waals surface area contributed by atoms with Gasteiger partial charge < -0.3 is 15.2 Å². The Morgan fingerprint density at radius 1 is 1.29 bits per heavy atom. The molecule has 0 aliphatic carbocycles. The number of ether oxygens (including phenoxy) is 1. The first kappa shape index (κ1) is 15.8. The zero-order valence-corrected chi connectivity index (χ0v) is 12.4. The number of hydrogen-bond donors (Lipinski definition) is 2. The molecule has 2 N–H and O–H groups in total. The van der Waals surface area contributed by atoms with Gasteiger partial charge >= 0.3 is 0 Å². The second-order valence-corrected chi connectivity index (χ2v) is 5.08. The van der Waals surface area contributed by atoms with Crippen LogP contribution < -0.4 is 10.1 Å². The number of carbonyl (C=O) groups is 1. The maximum Gasteiger partial charge on any atom is 0.252 e. The summed E-state index contributed by atoms with van der Waals surface area (Å²) < 4.78 is 5.12. The van der Waals surface area contributed by atoms with Crippen LogP contribution in [0.5, 0.6) is 5.75 Å². The molecule has 6 nitrogen and oxygen atoms in total. The molecule has 0 unspecified atom stereocenters. The van der Waals surface area contributed by atoms with Crippen LogP contribution in [0.15, 0.2) is 24.3 Å². The number of nitrogens with one attached hydrogen (secondary N) is 1. The zero-order chi connectivity index (χ0) is 15.1. The van der Waals surface area contributed by atoms with Crippen LogP contribution in [-0.2, 0) is 0 Å². The Bertz CT molecular complexity index is 459. The number of amides is 1. The van der Waals surface area contributed by atoms with Gasteiger partial charge in [-0.25, -0.2) is 0 Å². The first-order valence-corrected chi connectivity index (χ1v) is 7.21. The van der Waals surface area contributed by atoms with Crippen LogP contribution in [0.1, 0.15) is 10.4 Å². The molecule has 6 heteroatoms. The zero-order valence-electron chi connectivity index (χ0n) is 12.4. The lowest BCUT2D eigenvalue weighted by atomic mass is 10.2. The monoisotopic (exact) mass is 293 g/mol. The minimum Gasteiger partial charge on any atom is -0.497 e. The Kier molecular flexibility index (Phi) is 5.98. The van der Waals surface area contributed by atoms with Gasteiger partial charge in [0.25, 0.3) is 5.91 Å². The lowest BCUT2D eigenvalue weighted by Gasteiger charge is -2.34. The molecular weight excluding hydrogens is 270 g/mol. The van der Waals surface area contributed by atoms with Gasteiger partial charge in [-0.1, -0.05) is 6.07 Å². The van der Waals surface area contributed by atoms with E-state index in [1.807, 2.05) is 6.07 Å². The van der Waals surface area contributed by atoms with Crippen molar-refractivity contribution in [2.75, 3.05) is 53.1 Å². The summed E-state index contributed by atoms with van der Waals surface area (Å²) in [6.07, 6.45) is 0. The second kappa shape index (κ2) is 7.97. The van der Waals surface area contributed by atoms with Crippen LogP contribution in [0.3, 0.4) is 0 Å². The van der Waals surface area contributed by atoms with E-state index in [9.17, 15) is 4.79 Å². The Morgan fingerprint density at radius 2 is 2.00 bits per heavy atom. The fraction of sp³-hybridized carbons (Fsp3) is 0.533. The smallest absolute Gasteiger partial charge is 0.252 e. The molecule has 1 fully saturated rings. The molecule has 1 aliphatic rings. The maximum atomic E-state index is 12.1. The van der Waals surface area contributed by atoms with Crippen molar-refractivity contribution in [3.05, 3.63) is 29.8 Å². The highest BCUT2D eigenvalue weighted by Crippen LogP contribution is 2.12. The van der Waals surface area contributed by atoms with E-state index in [4.69, 9.17) is 9.84 Å². The normalized spacial score (nSPS) is 16.7. The molecule has 1 aromatic rings. The number of β-amino-alcohol motifs (C(OH)–C–C–N with tert-alkyl or cyclic N) is 1. The second-order valence-electron chi connectivity index (χ2n) is 5.08. The van der Waals surface area contributed by atoms with Crippen LogP contribution in [0, 0.1) is 0 Å². The molecule has 1 heterocycles. The highest BCUT2D eigenvalue weighted by Gasteiger charge is 2.16. The molecule has 0 bridgehead atoms. The summed E-state index contributed by atoms with van der Waals surface area (Å²) >= 11 is 0. The van der Waals surface area contributed by atoms with Crippen LogP contribution in [0.4, 0.5) is 0 Å². The van der Waals surface area contributed by atoms with Gasteiger partial charge in [0.05, 0.1) is 20.4 Å². The van der Waals surface area contributed by atoms with Gasteiger partial charge in [0, 0.05) is 38.3 Å². The third-order valence-electron chi connectivity index (χ3n) is 3.68. The van der Waals surface area contributed by atoms with E-state index >= 15 is 0 Å². The lowest BCUT2D eigenvalue weighted by Crippen LogP contribution is -2.50. The van der Waals surface area contributed by atoms with Crippen molar-refractivity contribution in [3.63, 3.8) is 0 Å². The van der Waals surface area contributed by atoms with E-state index in [0.29, 0.717) is 18.0 Å². The number of benzene rings is 1. The SMILES string of the molecule is COc1cccc(C(=O)NCN2CCN(CCO)CC2)c1. The minimum absolute atomic E-state index is 0.0910. The van der Waals surface area contributed by atoms with Crippen molar-refractivity contribution in [1.82, 2.24) is 15.1 Å². The molecule has 21 heavy (non-hydrogen) atoms. The molecule has 0 aromatic heterocycles. The topological polar surface area (TPSA) is 65.0 Å². The third-order valence-corrected chi connectivity index (χ3v) is 3.68. The van der Waals surface area contributed by atoms with Gasteiger partial charge in [-0.3, -0.25) is 14.6 Å². The molecule has 1 aromatic carbocycles. The summed E-state index contributed by atoms with van der Waals surface area (Å²) in [7, 11) is 1.59. The van der Waals surface area contributed by atoms with E-state index in [1.54, 1.807) is 25.3 Å². The summed E-state index contributed by atoms with van der Waals surface area (Å²) in [4.78, 5) is 16.5. The fourth-order valence-electron chi connectivity index (χ4n) is 2.36. The van der Waals surface area contributed by atoms with Gasteiger partial charge in [-0.15, -0.1) is 0 Å². The fourth-order valence-corrected chi connectivity index (χ4v) is 2.36. The average molecular weight is 293 g/mol. The third kappa shape index (κ3) is 4.70. The van der Waals surface area contributed by atoms with Crippen LogP contribution in [-0.4, -0.2) is 73.9 Å². The van der Waals surface area contributed by atoms with Gasteiger partial charge in [0.15, 0.2) is 0 Å². The summed E-state index contributed by atoms with van der Waals surface area (Å²) in [5.41, 5.74) is 0.605. The van der Waals surface area contributed by atoms with Crippen molar-refractivity contribution in [2.45, 2.75) is 0 Å². The molecule has 1 aliphatic heterocycles. The summed E-state index contributed by atoms with van der Waals surface area (Å²) in [5.74, 6) is 0.590. The van der Waals surface area contributed by atoms with Crippen molar-refractivity contribution >= 4 is 5.91 Å². The van der Waals surface area contributed by atoms with E-state index in [-0.39, 0.29) is 12.5 Å². The van der Waals surface area contributed by atoms with E-state index in [1.165, 1.54) is 0 Å². The highest BCUT2D eigenvalue weighted by molar-refractivity contribution is 5.94. The summed E-state index contributed by atoms with van der Waals surface area (Å²) in [6, 6.07) is 7.13. The Morgan fingerprint density at radius 3 is 2.67 bits per heavy atom. The molecule has 1 amide bonds.